The highest BCUT2D eigenvalue weighted by molar-refractivity contribution is 7.15. The molecule has 0 aliphatic heterocycles. The molecule has 120 valence electrons. The first kappa shape index (κ1) is 16.8. The third-order valence-electron chi connectivity index (χ3n) is 4.17. The van der Waals surface area contributed by atoms with Crippen molar-refractivity contribution < 1.29 is 0 Å². The molecule has 1 atom stereocenters. The monoisotopic (exact) mass is 309 g/mol. The van der Waals surface area contributed by atoms with Gasteiger partial charge >= 0.3 is 0 Å². The summed E-state index contributed by atoms with van der Waals surface area (Å²) in [5.41, 5.74) is 1.38. The van der Waals surface area contributed by atoms with Gasteiger partial charge in [-0.1, -0.05) is 20.8 Å². The zero-order valence-corrected chi connectivity index (χ0v) is 15.1. The molecule has 1 aromatic heterocycles. The third-order valence-corrected chi connectivity index (χ3v) is 5.33. The van der Waals surface area contributed by atoms with Gasteiger partial charge in [0.2, 0.25) is 0 Å². The Morgan fingerprint density at radius 3 is 2.62 bits per heavy atom. The molecule has 0 amide bonds. The highest BCUT2D eigenvalue weighted by Crippen LogP contribution is 2.44. The lowest BCUT2D eigenvalue weighted by molar-refractivity contribution is 0.503. The zero-order valence-electron chi connectivity index (χ0n) is 14.3. The number of aromatic nitrogens is 1. The number of hydrogen-bond donors (Lipinski definition) is 1. The Kier molecular flexibility index (Phi) is 6.06. The van der Waals surface area contributed by atoms with Gasteiger partial charge in [0.25, 0.3) is 0 Å². The molecule has 1 aliphatic rings. The van der Waals surface area contributed by atoms with E-state index in [1.807, 2.05) is 11.3 Å². The number of hydrogen-bond acceptors (Lipinski definition) is 4. The first-order valence-corrected chi connectivity index (χ1v) is 9.27. The lowest BCUT2D eigenvalue weighted by Gasteiger charge is -2.25. The van der Waals surface area contributed by atoms with Crippen molar-refractivity contribution in [2.24, 2.45) is 5.92 Å². The van der Waals surface area contributed by atoms with Gasteiger partial charge in [-0.25, -0.2) is 4.98 Å². The molecule has 1 unspecified atom stereocenters. The Labute approximate surface area is 134 Å². The van der Waals surface area contributed by atoms with Gasteiger partial charge in [-0.2, -0.15) is 0 Å². The summed E-state index contributed by atoms with van der Waals surface area (Å²) >= 11 is 1.89. The quantitative estimate of drug-likeness (QED) is 0.686. The normalized spacial score (nSPS) is 16.5. The Hall–Kier alpha value is -0.610. The second kappa shape index (κ2) is 7.59. The van der Waals surface area contributed by atoms with Crippen LogP contribution >= 0.6 is 11.3 Å². The van der Waals surface area contributed by atoms with Crippen LogP contribution in [0.5, 0.6) is 0 Å². The molecule has 0 spiro atoms. The maximum Gasteiger partial charge on any atom is 0.185 e. The van der Waals surface area contributed by atoms with E-state index >= 15 is 0 Å². The van der Waals surface area contributed by atoms with Crippen molar-refractivity contribution in [3.05, 3.63) is 10.6 Å². The predicted molar refractivity (Wildman–Crippen MR) is 93.4 cm³/mol. The summed E-state index contributed by atoms with van der Waals surface area (Å²) < 4.78 is 0. The van der Waals surface area contributed by atoms with Gasteiger partial charge in [-0.3, -0.25) is 0 Å². The van der Waals surface area contributed by atoms with Crippen LogP contribution < -0.4 is 10.2 Å². The van der Waals surface area contributed by atoms with Crippen molar-refractivity contribution in [1.29, 1.82) is 0 Å². The summed E-state index contributed by atoms with van der Waals surface area (Å²) in [4.78, 5) is 8.82. The Balaban J connectivity index is 2.07. The highest BCUT2D eigenvalue weighted by Gasteiger charge is 2.30. The lowest BCUT2D eigenvalue weighted by Crippen LogP contribution is -2.29. The molecule has 1 heterocycles. The van der Waals surface area contributed by atoms with Gasteiger partial charge < -0.3 is 10.2 Å². The van der Waals surface area contributed by atoms with Crippen molar-refractivity contribution in [3.8, 4) is 0 Å². The third kappa shape index (κ3) is 4.68. The molecule has 3 nitrogen and oxygen atoms in total. The van der Waals surface area contributed by atoms with Crippen molar-refractivity contribution in [2.45, 2.75) is 71.9 Å². The van der Waals surface area contributed by atoms with Gasteiger partial charge in [-0.05, 0) is 45.1 Å². The van der Waals surface area contributed by atoms with Crippen LogP contribution in [0.3, 0.4) is 0 Å². The van der Waals surface area contributed by atoms with Gasteiger partial charge in [0, 0.05) is 30.4 Å². The fourth-order valence-corrected chi connectivity index (χ4v) is 3.89. The fourth-order valence-electron chi connectivity index (χ4n) is 2.71. The predicted octanol–water partition coefficient (Wildman–Crippen LogP) is 4.39. The van der Waals surface area contributed by atoms with Gasteiger partial charge in [-0.15, -0.1) is 11.3 Å². The van der Waals surface area contributed by atoms with E-state index in [1.165, 1.54) is 41.4 Å². The van der Waals surface area contributed by atoms with Crippen LogP contribution in [-0.4, -0.2) is 24.6 Å². The van der Waals surface area contributed by atoms with Crippen LogP contribution in [0.15, 0.2) is 0 Å². The highest BCUT2D eigenvalue weighted by atomic mass is 32.1. The van der Waals surface area contributed by atoms with E-state index < -0.39 is 0 Å². The number of nitrogens with one attached hydrogen (secondary N) is 1. The van der Waals surface area contributed by atoms with E-state index in [0.717, 1.165) is 24.9 Å². The van der Waals surface area contributed by atoms with E-state index in [4.69, 9.17) is 4.98 Å². The van der Waals surface area contributed by atoms with E-state index in [0.29, 0.717) is 6.04 Å². The number of thiazole rings is 1. The fraction of sp³-hybridized carbons (Fsp3) is 0.824. The van der Waals surface area contributed by atoms with Crippen LogP contribution in [-0.2, 0) is 6.54 Å². The first-order chi connectivity index (χ1) is 10.0. The molecule has 2 rings (SSSR count). The minimum absolute atomic E-state index is 0.555. The van der Waals surface area contributed by atoms with Crippen molar-refractivity contribution in [3.63, 3.8) is 0 Å². The van der Waals surface area contributed by atoms with Gasteiger partial charge in [0.15, 0.2) is 5.13 Å². The minimum atomic E-state index is 0.555. The standard InChI is InChI=1S/C17H31N3S/c1-6-9-18-11-15-16(14-7-8-14)19-17(21-15)20(5)13(4)10-12(2)3/h12-14,18H,6-11H2,1-5H3. The smallest absolute Gasteiger partial charge is 0.185 e. The molecule has 21 heavy (non-hydrogen) atoms. The average Bonchev–Trinajstić information content (AvgIpc) is 3.18. The molecule has 0 radical (unpaired) electrons. The maximum absolute atomic E-state index is 4.98. The average molecular weight is 310 g/mol. The van der Waals surface area contributed by atoms with E-state index in [2.05, 4.69) is 45.0 Å². The lowest BCUT2D eigenvalue weighted by atomic mass is 10.0. The molecule has 1 fully saturated rings. The van der Waals surface area contributed by atoms with Crippen LogP contribution in [0.25, 0.3) is 0 Å². The van der Waals surface area contributed by atoms with Crippen LogP contribution in [0.2, 0.25) is 0 Å². The second-order valence-electron chi connectivity index (χ2n) is 6.85. The van der Waals surface area contributed by atoms with Crippen molar-refractivity contribution in [2.75, 3.05) is 18.5 Å². The minimum Gasteiger partial charge on any atom is -0.348 e. The van der Waals surface area contributed by atoms with Gasteiger partial charge in [0.05, 0.1) is 5.69 Å². The van der Waals surface area contributed by atoms with E-state index in [9.17, 15) is 0 Å². The Morgan fingerprint density at radius 1 is 1.33 bits per heavy atom. The molecular weight excluding hydrogens is 278 g/mol. The first-order valence-electron chi connectivity index (χ1n) is 8.46. The van der Waals surface area contributed by atoms with Crippen LogP contribution in [0, 0.1) is 5.92 Å². The molecule has 0 bridgehead atoms. The topological polar surface area (TPSA) is 28.2 Å². The zero-order chi connectivity index (χ0) is 15.4. The van der Waals surface area contributed by atoms with Gasteiger partial charge in [0.1, 0.15) is 0 Å². The van der Waals surface area contributed by atoms with Crippen LogP contribution in [0.4, 0.5) is 5.13 Å². The molecule has 1 N–H and O–H groups in total. The molecule has 0 aromatic carbocycles. The number of nitrogens with zero attached hydrogens (tertiary/aromatic N) is 2. The second-order valence-corrected chi connectivity index (χ2v) is 7.91. The SMILES string of the molecule is CCCNCc1sc(N(C)C(C)CC(C)C)nc1C1CC1. The largest absolute Gasteiger partial charge is 0.348 e. The summed E-state index contributed by atoms with van der Waals surface area (Å²) in [6.07, 6.45) is 5.07. The molecule has 4 heteroatoms. The van der Waals surface area contributed by atoms with Crippen molar-refractivity contribution in [1.82, 2.24) is 10.3 Å². The number of rotatable bonds is 9. The summed E-state index contributed by atoms with van der Waals surface area (Å²) in [5, 5.41) is 4.75. The van der Waals surface area contributed by atoms with Crippen molar-refractivity contribution >= 4 is 16.5 Å². The Morgan fingerprint density at radius 2 is 2.05 bits per heavy atom. The maximum atomic E-state index is 4.98. The van der Waals surface area contributed by atoms with Crippen LogP contribution in [0.1, 0.15) is 69.9 Å². The number of anilines is 1. The molecule has 1 saturated carbocycles. The summed E-state index contributed by atoms with van der Waals surface area (Å²) in [7, 11) is 2.20. The Bertz CT molecular complexity index is 437. The van der Waals surface area contributed by atoms with E-state index in [1.54, 1.807) is 0 Å². The molecule has 1 aliphatic carbocycles. The van der Waals surface area contributed by atoms with E-state index in [-0.39, 0.29) is 0 Å². The summed E-state index contributed by atoms with van der Waals surface area (Å²) in [6.45, 7) is 11.2. The molecular formula is C17H31N3S. The summed E-state index contributed by atoms with van der Waals surface area (Å²) in [6, 6.07) is 0.555. The molecule has 1 aromatic rings. The summed E-state index contributed by atoms with van der Waals surface area (Å²) in [5.74, 6) is 1.47. The molecule has 0 saturated heterocycles.